The highest BCUT2D eigenvalue weighted by atomic mass is 16.9. The first-order valence-electron chi connectivity index (χ1n) is 12.2. The van der Waals surface area contributed by atoms with Gasteiger partial charge < -0.3 is 92.6 Å². The van der Waals surface area contributed by atoms with Crippen molar-refractivity contribution in [2.45, 2.75) is 104 Å². The molecule has 4 rings (SSSR count). The van der Waals surface area contributed by atoms with Crippen LogP contribution in [0.5, 0.6) is 0 Å². The zero-order valence-corrected chi connectivity index (χ0v) is 20.5. The first-order chi connectivity index (χ1) is 18.3. The molecule has 3 heterocycles. The second-order valence-electron chi connectivity index (χ2n) is 10.0. The summed E-state index contributed by atoms with van der Waals surface area (Å²) in [5.41, 5.74) is 22.4. The third kappa shape index (κ3) is 5.23. The fourth-order valence-electron chi connectivity index (χ4n) is 5.26. The van der Waals surface area contributed by atoms with Gasteiger partial charge in [0.05, 0.1) is 31.4 Å². The molecule has 19 nitrogen and oxygen atoms in total. The number of guanidine groups is 1. The Labute approximate surface area is 221 Å². The molecule has 0 aromatic carbocycles. The van der Waals surface area contributed by atoms with Gasteiger partial charge in [-0.2, -0.15) is 0 Å². The summed E-state index contributed by atoms with van der Waals surface area (Å²) in [7, 11) is 0. The first kappa shape index (κ1) is 30.6. The number of ether oxygens (including phenoxy) is 5. The van der Waals surface area contributed by atoms with E-state index < -0.39 is 123 Å². The molecule has 0 aromatic rings. The van der Waals surface area contributed by atoms with Gasteiger partial charge in [-0.1, -0.05) is 0 Å². The molecule has 3 aliphatic heterocycles. The predicted molar refractivity (Wildman–Crippen MR) is 123 cm³/mol. The van der Waals surface area contributed by atoms with Crippen molar-refractivity contribution in [3.05, 3.63) is 0 Å². The lowest BCUT2D eigenvalue weighted by molar-refractivity contribution is -0.439. The summed E-state index contributed by atoms with van der Waals surface area (Å²) in [4.78, 5) is 3.75. The molecule has 0 aromatic heterocycles. The van der Waals surface area contributed by atoms with Gasteiger partial charge in [0.25, 0.3) is 0 Å². The van der Waals surface area contributed by atoms with Crippen LogP contribution in [0.3, 0.4) is 0 Å². The number of nitrogens with two attached hydrogens (primary N) is 4. The Morgan fingerprint density at radius 3 is 2.08 bits per heavy atom. The molecule has 226 valence electrons. The minimum absolute atomic E-state index is 0.493. The lowest BCUT2D eigenvalue weighted by Crippen LogP contribution is -2.69. The summed E-state index contributed by atoms with van der Waals surface area (Å²) in [5, 5.41) is 93.4. The summed E-state index contributed by atoms with van der Waals surface area (Å²) in [6.07, 6.45) is -21.7. The van der Waals surface area contributed by atoms with Crippen molar-refractivity contribution in [2.24, 2.45) is 27.9 Å². The summed E-state index contributed by atoms with van der Waals surface area (Å²) >= 11 is 0. The average molecular weight is 572 g/mol. The van der Waals surface area contributed by atoms with Crippen molar-refractivity contribution in [3.8, 4) is 0 Å². The second-order valence-corrected chi connectivity index (χ2v) is 10.0. The van der Waals surface area contributed by atoms with Gasteiger partial charge in [0.15, 0.2) is 18.4 Å². The van der Waals surface area contributed by atoms with Gasteiger partial charge >= 0.3 is 5.97 Å². The molecule has 39 heavy (non-hydrogen) atoms. The molecule has 1 aliphatic carbocycles. The van der Waals surface area contributed by atoms with E-state index in [0.29, 0.717) is 0 Å². The molecular weight excluding hydrogens is 534 g/mol. The lowest BCUT2D eigenvalue weighted by atomic mass is 9.82. The molecule has 0 amide bonds. The Hall–Kier alpha value is -1.37. The van der Waals surface area contributed by atoms with E-state index >= 15 is 0 Å². The molecule has 1 spiro atoms. The summed E-state index contributed by atoms with van der Waals surface area (Å²) in [6.45, 7) is -1.47. The summed E-state index contributed by atoms with van der Waals surface area (Å²) in [6, 6.07) is -4.09. The lowest BCUT2D eigenvalue weighted by Gasteiger charge is -2.46. The fourth-order valence-corrected chi connectivity index (χ4v) is 5.26. The standard InChI is InChI=1S/C20H37N5O14/c21-3(1-26)13-11(32)12(33)17(34)20(37-13)38-15-7(28)4(2-27)35-18(16(15)39-20)36-14-9(30)5(22)8(29)6(10(14)31)25-19(23)24/h3-18,26-34H,1-2,21-22H2,(H4,23,24,25)/t3-,4+,5-,6+,7-,8-,9+,10-,11+,12-,13+,14-,15-,16-,17+,18-,20?/m0/s1. The Kier molecular flexibility index (Phi) is 9.01. The monoisotopic (exact) mass is 571 g/mol. The van der Waals surface area contributed by atoms with E-state index in [1.165, 1.54) is 0 Å². The van der Waals surface area contributed by atoms with Crippen LogP contribution in [0.4, 0.5) is 0 Å². The van der Waals surface area contributed by atoms with E-state index in [1.54, 1.807) is 0 Å². The minimum atomic E-state index is -2.57. The average Bonchev–Trinajstić information content (AvgIpc) is 3.30. The van der Waals surface area contributed by atoms with Crippen LogP contribution < -0.4 is 22.9 Å². The number of aliphatic imine (C=N–C) groups is 1. The highest BCUT2D eigenvalue weighted by molar-refractivity contribution is 5.76. The van der Waals surface area contributed by atoms with Crippen molar-refractivity contribution >= 4 is 5.96 Å². The van der Waals surface area contributed by atoms with Crippen LogP contribution >= 0.6 is 0 Å². The van der Waals surface area contributed by atoms with Crippen molar-refractivity contribution in [1.82, 2.24) is 0 Å². The van der Waals surface area contributed by atoms with Gasteiger partial charge in [-0.05, 0) is 0 Å². The van der Waals surface area contributed by atoms with Gasteiger partial charge in [-0.3, -0.25) is 0 Å². The maximum atomic E-state index is 10.8. The summed E-state index contributed by atoms with van der Waals surface area (Å²) in [5.74, 6) is -3.06. The van der Waals surface area contributed by atoms with Crippen LogP contribution in [0.2, 0.25) is 0 Å². The molecule has 4 fully saturated rings. The van der Waals surface area contributed by atoms with Crippen LogP contribution in [-0.4, -0.2) is 169 Å². The molecule has 17 N–H and O–H groups in total. The van der Waals surface area contributed by atoms with E-state index in [4.69, 9.17) is 46.6 Å². The van der Waals surface area contributed by atoms with Gasteiger partial charge in [0.1, 0.15) is 67.1 Å². The molecule has 1 unspecified atom stereocenters. The number of nitrogens with zero attached hydrogens (tertiary/aromatic N) is 1. The molecule has 19 heteroatoms. The molecular formula is C20H37N5O14. The predicted octanol–water partition coefficient (Wildman–Crippen LogP) is -9.25. The molecule has 17 atom stereocenters. The third-order valence-electron chi connectivity index (χ3n) is 7.46. The van der Waals surface area contributed by atoms with Gasteiger partial charge in [0, 0.05) is 0 Å². The quantitative estimate of drug-likeness (QED) is 0.104. The van der Waals surface area contributed by atoms with Crippen LogP contribution in [0.1, 0.15) is 0 Å². The number of hydrogen-bond acceptors (Lipinski definition) is 17. The number of rotatable bonds is 6. The van der Waals surface area contributed by atoms with Crippen LogP contribution in [0.25, 0.3) is 0 Å². The fraction of sp³-hybridized carbons (Fsp3) is 0.950. The minimum Gasteiger partial charge on any atom is -0.395 e. The zero-order chi connectivity index (χ0) is 29.0. The molecule has 0 bridgehead atoms. The normalized spacial score (nSPS) is 52.8. The van der Waals surface area contributed by atoms with Gasteiger partial charge in [-0.15, -0.1) is 0 Å². The molecule has 1 saturated carbocycles. The smallest absolute Gasteiger partial charge is 0.314 e. The maximum Gasteiger partial charge on any atom is 0.314 e. The Morgan fingerprint density at radius 1 is 0.846 bits per heavy atom. The first-order valence-corrected chi connectivity index (χ1v) is 12.2. The van der Waals surface area contributed by atoms with Gasteiger partial charge in [-0.25, -0.2) is 4.99 Å². The van der Waals surface area contributed by atoms with Crippen LogP contribution in [0.15, 0.2) is 4.99 Å². The Balaban J connectivity index is 1.64. The van der Waals surface area contributed by atoms with E-state index in [-0.39, 0.29) is 0 Å². The number of hydrogen-bond donors (Lipinski definition) is 13. The molecule has 4 aliphatic rings. The number of aliphatic hydroxyl groups is 9. The van der Waals surface area contributed by atoms with Crippen LogP contribution in [-0.2, 0) is 23.7 Å². The Bertz CT molecular complexity index is 888. The topological polar surface area (TPSA) is 345 Å². The van der Waals surface area contributed by atoms with Crippen LogP contribution in [0, 0.1) is 0 Å². The zero-order valence-electron chi connectivity index (χ0n) is 20.5. The highest BCUT2D eigenvalue weighted by Crippen LogP contribution is 2.45. The largest absolute Gasteiger partial charge is 0.395 e. The second kappa shape index (κ2) is 11.5. The SMILES string of the molecule is NC(N)=N[C@@H]1[C@@H](O)[C@H](N)[C@@H](O)[C@H](O[C@@H]2O[C@H](CO)[C@H](O)[C@@H]3OC4(O[C@H]23)O[C@H]([C@@H](N)CO)[C@H](O)[C@H](O)[C@H]4O)[C@H]1O. The molecule has 0 radical (unpaired) electrons. The van der Waals surface area contributed by atoms with Crippen molar-refractivity contribution in [2.75, 3.05) is 13.2 Å². The molecule has 3 saturated heterocycles. The number of aliphatic hydroxyl groups excluding tert-OH is 9. The third-order valence-corrected chi connectivity index (χ3v) is 7.46. The van der Waals surface area contributed by atoms with E-state index in [1.807, 2.05) is 0 Å². The van der Waals surface area contributed by atoms with Crippen molar-refractivity contribution in [1.29, 1.82) is 0 Å². The summed E-state index contributed by atoms with van der Waals surface area (Å²) < 4.78 is 28.5. The van der Waals surface area contributed by atoms with Gasteiger partial charge in [0.2, 0.25) is 0 Å². The highest BCUT2D eigenvalue weighted by Gasteiger charge is 2.67. The van der Waals surface area contributed by atoms with E-state index in [9.17, 15) is 46.0 Å². The van der Waals surface area contributed by atoms with Crippen molar-refractivity contribution in [3.63, 3.8) is 0 Å². The van der Waals surface area contributed by atoms with Crippen molar-refractivity contribution < 1.29 is 69.6 Å². The number of fused-ring (bicyclic) bond motifs is 1. The van der Waals surface area contributed by atoms with E-state index in [0.717, 1.165) is 0 Å². The Morgan fingerprint density at radius 2 is 1.49 bits per heavy atom. The van der Waals surface area contributed by atoms with E-state index in [2.05, 4.69) is 4.99 Å². The maximum absolute atomic E-state index is 10.8.